The van der Waals surface area contributed by atoms with Gasteiger partial charge in [0.2, 0.25) is 0 Å². The topological polar surface area (TPSA) is 110 Å². The highest BCUT2D eigenvalue weighted by Gasteiger charge is 2.45. The van der Waals surface area contributed by atoms with E-state index < -0.39 is 16.8 Å². The van der Waals surface area contributed by atoms with E-state index in [9.17, 15) is 9.59 Å². The number of hydrogen-bond acceptors (Lipinski definition) is 5. The zero-order valence-electron chi connectivity index (χ0n) is 20.7. The third-order valence-corrected chi connectivity index (χ3v) is 7.47. The SMILES string of the molecule is BC(B)(B)C(B)(B)C(B)(B)NC(=O)c1c(N)c2cccc(-c3cnccc3OC)c2[nH]c1=O. The van der Waals surface area contributed by atoms with Gasteiger partial charge in [0.15, 0.2) is 0 Å². The number of pyridine rings is 2. The number of methoxy groups -OCH3 is 1. The molecule has 0 aliphatic rings. The second kappa shape index (κ2) is 8.47. The highest BCUT2D eigenvalue weighted by molar-refractivity contribution is 6.70. The van der Waals surface area contributed by atoms with Crippen LogP contribution in [0.3, 0.4) is 0 Å². The number of H-pyrrole nitrogens is 1. The summed E-state index contributed by atoms with van der Waals surface area (Å²) in [5.41, 5.74) is 7.88. The van der Waals surface area contributed by atoms with Crippen LogP contribution in [0.5, 0.6) is 5.75 Å². The average Bonchev–Trinajstić information content (AvgIpc) is 2.72. The van der Waals surface area contributed by atoms with Crippen LogP contribution < -0.4 is 21.3 Å². The Balaban J connectivity index is 2.14. The summed E-state index contributed by atoms with van der Waals surface area (Å²) in [6.07, 6.45) is 3.30. The molecular formula is C19H27B7N4O3. The highest BCUT2D eigenvalue weighted by atomic mass is 16.5. The van der Waals surface area contributed by atoms with E-state index in [1.807, 2.05) is 27.8 Å². The maximum atomic E-state index is 13.3. The van der Waals surface area contributed by atoms with Gasteiger partial charge in [-0.15, -0.1) is 5.11 Å². The fraction of sp³-hybridized carbons (Fsp3) is 0.211. The van der Waals surface area contributed by atoms with Gasteiger partial charge in [-0.3, -0.25) is 14.6 Å². The highest BCUT2D eigenvalue weighted by Crippen LogP contribution is 2.45. The Kier molecular flexibility index (Phi) is 6.35. The molecule has 0 unspecified atom stereocenters. The molecule has 0 atom stereocenters. The maximum absolute atomic E-state index is 13.3. The second-order valence-corrected chi connectivity index (χ2v) is 10.5. The lowest BCUT2D eigenvalue weighted by atomic mass is 9.15. The van der Waals surface area contributed by atoms with E-state index >= 15 is 0 Å². The van der Waals surface area contributed by atoms with Crippen LogP contribution in [0.25, 0.3) is 22.0 Å². The molecule has 0 radical (unpaired) electrons. The normalized spacial score (nSPS) is 12.4. The molecule has 0 aliphatic heterocycles. The summed E-state index contributed by atoms with van der Waals surface area (Å²) in [6.45, 7) is 0. The summed E-state index contributed by atoms with van der Waals surface area (Å²) in [4.78, 5) is 33.5. The fourth-order valence-corrected chi connectivity index (χ4v) is 4.00. The molecule has 0 aliphatic carbocycles. The number of para-hydroxylation sites is 1. The molecule has 4 N–H and O–H groups in total. The minimum Gasteiger partial charge on any atom is -0.496 e. The smallest absolute Gasteiger partial charge is 0.263 e. The van der Waals surface area contributed by atoms with Gasteiger partial charge in [-0.1, -0.05) is 23.4 Å². The van der Waals surface area contributed by atoms with Crippen molar-refractivity contribution >= 4 is 77.4 Å². The van der Waals surface area contributed by atoms with Crippen molar-refractivity contribution in [3.05, 3.63) is 52.6 Å². The third-order valence-electron chi connectivity index (χ3n) is 7.47. The van der Waals surface area contributed by atoms with Gasteiger partial charge in [0.25, 0.3) is 11.5 Å². The molecule has 7 nitrogen and oxygen atoms in total. The van der Waals surface area contributed by atoms with Crippen LogP contribution in [0, 0.1) is 0 Å². The molecule has 3 aromatic rings. The Bertz CT molecular complexity index is 1290. The molecule has 33 heavy (non-hydrogen) atoms. The number of anilines is 1. The predicted molar refractivity (Wildman–Crippen MR) is 154 cm³/mol. The molecule has 1 aromatic carbocycles. The summed E-state index contributed by atoms with van der Waals surface area (Å²) in [6, 6.07) is 7.21. The predicted octanol–water partition coefficient (Wildman–Crippen LogP) is -4.81. The van der Waals surface area contributed by atoms with Crippen LogP contribution in [0.2, 0.25) is 10.3 Å². The Hall–Kier alpha value is -2.90. The monoisotopic (exact) mass is 436 g/mol. The van der Waals surface area contributed by atoms with Crippen LogP contribution in [-0.4, -0.2) is 83.2 Å². The average molecular weight is 435 g/mol. The van der Waals surface area contributed by atoms with Crippen molar-refractivity contribution in [2.75, 3.05) is 12.8 Å². The summed E-state index contributed by atoms with van der Waals surface area (Å²) in [5, 5.41) is 2.66. The molecule has 3 rings (SSSR count). The van der Waals surface area contributed by atoms with Crippen molar-refractivity contribution in [3.63, 3.8) is 0 Å². The zero-order chi connectivity index (χ0) is 24.8. The molecular weight excluding hydrogens is 408 g/mol. The Morgan fingerprint density at radius 3 is 2.36 bits per heavy atom. The van der Waals surface area contributed by atoms with Gasteiger partial charge in [-0.05, 0) is 11.4 Å². The van der Waals surface area contributed by atoms with E-state index in [-0.39, 0.29) is 21.6 Å². The fourth-order valence-electron chi connectivity index (χ4n) is 4.00. The Morgan fingerprint density at radius 1 is 1.09 bits per heavy atom. The first-order valence-electron chi connectivity index (χ1n) is 11.0. The first-order chi connectivity index (χ1) is 15.2. The van der Waals surface area contributed by atoms with E-state index in [4.69, 9.17) is 10.5 Å². The van der Waals surface area contributed by atoms with Crippen LogP contribution >= 0.6 is 0 Å². The number of ether oxygens (including phenoxy) is 1. The van der Waals surface area contributed by atoms with Crippen LogP contribution in [0.15, 0.2) is 41.5 Å². The summed E-state index contributed by atoms with van der Waals surface area (Å²) in [7, 11) is 16.1. The number of hydrogen-bond donors (Lipinski definition) is 3. The van der Waals surface area contributed by atoms with E-state index in [2.05, 4.69) is 54.5 Å². The number of rotatable bonds is 6. The number of amides is 1. The number of nitrogens with one attached hydrogen (secondary N) is 2. The molecule has 0 saturated carbocycles. The number of benzene rings is 1. The quantitative estimate of drug-likeness (QED) is 0.337. The molecule has 0 spiro atoms. The molecule has 0 saturated heterocycles. The number of nitrogens with zero attached hydrogens (tertiary/aromatic N) is 1. The summed E-state index contributed by atoms with van der Waals surface area (Å²) in [5.74, 6) is 0.118. The second-order valence-electron chi connectivity index (χ2n) is 10.5. The van der Waals surface area contributed by atoms with Crippen LogP contribution in [0.4, 0.5) is 5.69 Å². The van der Waals surface area contributed by atoms with Crippen molar-refractivity contribution in [1.29, 1.82) is 0 Å². The van der Waals surface area contributed by atoms with Crippen molar-refractivity contribution in [2.45, 2.75) is 15.7 Å². The third kappa shape index (κ3) is 4.23. The maximum Gasteiger partial charge on any atom is 0.263 e. The number of carbonyl (C=O) groups excluding carboxylic acids is 1. The van der Waals surface area contributed by atoms with Gasteiger partial charge < -0.3 is 20.8 Å². The van der Waals surface area contributed by atoms with E-state index in [1.165, 1.54) is 0 Å². The van der Waals surface area contributed by atoms with Crippen molar-refractivity contribution < 1.29 is 9.53 Å². The Labute approximate surface area is 200 Å². The van der Waals surface area contributed by atoms with Crippen molar-refractivity contribution in [2.24, 2.45) is 0 Å². The number of aromatic nitrogens is 2. The van der Waals surface area contributed by atoms with Gasteiger partial charge in [0.1, 0.15) is 27.0 Å². The molecule has 0 fully saturated rings. The lowest BCUT2D eigenvalue weighted by Crippen LogP contribution is -2.63. The minimum absolute atomic E-state index is 0.0874. The van der Waals surface area contributed by atoms with Gasteiger partial charge in [0, 0.05) is 28.9 Å². The number of carbonyl (C=O) groups is 1. The molecule has 162 valence electrons. The molecule has 0 bridgehead atoms. The van der Waals surface area contributed by atoms with Gasteiger partial charge >= 0.3 is 0 Å². The van der Waals surface area contributed by atoms with Crippen molar-refractivity contribution in [1.82, 2.24) is 15.3 Å². The van der Waals surface area contributed by atoms with Gasteiger partial charge in [-0.25, -0.2) is 0 Å². The van der Waals surface area contributed by atoms with Crippen LogP contribution in [0.1, 0.15) is 10.4 Å². The lowest BCUT2D eigenvalue weighted by Gasteiger charge is -2.52. The molecule has 2 heterocycles. The van der Waals surface area contributed by atoms with Crippen LogP contribution in [-0.2, 0) is 0 Å². The molecule has 2 aromatic heterocycles. The zero-order valence-corrected chi connectivity index (χ0v) is 20.7. The van der Waals surface area contributed by atoms with E-state index in [0.717, 1.165) is 0 Å². The summed E-state index contributed by atoms with van der Waals surface area (Å²) < 4.78 is 5.46. The minimum atomic E-state index is -0.610. The van der Waals surface area contributed by atoms with E-state index in [1.54, 1.807) is 31.6 Å². The van der Waals surface area contributed by atoms with Gasteiger partial charge in [-0.2, -0.15) is 0 Å². The van der Waals surface area contributed by atoms with Crippen molar-refractivity contribution in [3.8, 4) is 16.9 Å². The first-order valence-corrected chi connectivity index (χ1v) is 11.0. The summed E-state index contributed by atoms with van der Waals surface area (Å²) >= 11 is 0. The number of nitrogen functional groups attached to an aromatic ring is 1. The first kappa shape index (κ1) is 24.7. The largest absolute Gasteiger partial charge is 0.496 e. The van der Waals surface area contributed by atoms with E-state index in [0.29, 0.717) is 27.8 Å². The number of aromatic amines is 1. The number of nitrogens with two attached hydrogens (primary N) is 1. The Morgan fingerprint density at radius 2 is 1.76 bits per heavy atom. The molecule has 1 amide bonds. The van der Waals surface area contributed by atoms with Gasteiger partial charge in [0.05, 0.1) is 57.5 Å². The lowest BCUT2D eigenvalue weighted by molar-refractivity contribution is 0.0938. The standard InChI is InChI=1S/C19H27B7N4O3/c1-33-11-5-6-28-7-10(11)8-3-2-4-9-13(27)12(15(31)29-14(8)9)16(32)30-19(25,26)17(20,21)18(22,23)24/h2-7H,20-26H2,1H3,(H,30,32)(H3,27,29,31). The number of fused-ring (bicyclic) bond motifs is 1. The molecule has 14 heteroatoms.